The van der Waals surface area contributed by atoms with Crippen molar-refractivity contribution in [3.8, 4) is 0 Å². The highest BCUT2D eigenvalue weighted by Crippen LogP contribution is 2.45. The molecule has 0 saturated carbocycles. The first-order valence-electron chi connectivity index (χ1n) is 5.93. The number of rotatable bonds is 10. The molecule has 6 nitrogen and oxygen atoms in total. The van der Waals surface area contributed by atoms with Crippen molar-refractivity contribution in [2.75, 3.05) is 32.7 Å². The van der Waals surface area contributed by atoms with Gasteiger partial charge in [-0.05, 0) is 20.8 Å². The number of esters is 1. The number of quaternary nitrogens is 1. The Morgan fingerprint density at radius 1 is 1.12 bits per heavy atom. The van der Waals surface area contributed by atoms with Crippen LogP contribution in [0.2, 0.25) is 0 Å². The van der Waals surface area contributed by atoms with Crippen molar-refractivity contribution in [3.63, 3.8) is 0 Å². The van der Waals surface area contributed by atoms with Crippen LogP contribution >= 0.6 is 7.60 Å². The lowest BCUT2D eigenvalue weighted by Crippen LogP contribution is -2.84. The lowest BCUT2D eigenvalue weighted by Gasteiger charge is -2.15. The van der Waals surface area contributed by atoms with Gasteiger partial charge in [0.25, 0.3) is 0 Å². The molecule has 0 saturated heterocycles. The Morgan fingerprint density at radius 3 is 2.18 bits per heavy atom. The normalized spacial score (nSPS) is 11.5. The number of ether oxygens (including phenoxy) is 1. The summed E-state index contributed by atoms with van der Waals surface area (Å²) in [5.41, 5.74) is 0. The summed E-state index contributed by atoms with van der Waals surface area (Å²) < 4.78 is 27.0. The van der Waals surface area contributed by atoms with E-state index in [9.17, 15) is 9.36 Å². The minimum atomic E-state index is -3.00. The van der Waals surface area contributed by atoms with Crippen LogP contribution in [0, 0.1) is 0 Å². The Bertz CT molecular complexity index is 249. The van der Waals surface area contributed by atoms with Crippen LogP contribution in [-0.2, 0) is 23.1 Å². The van der Waals surface area contributed by atoms with Crippen LogP contribution in [0.4, 0.5) is 0 Å². The van der Waals surface area contributed by atoms with Crippen LogP contribution in [0.25, 0.3) is 0 Å². The van der Waals surface area contributed by atoms with Crippen LogP contribution < -0.4 is 5.32 Å². The van der Waals surface area contributed by atoms with E-state index in [1.807, 2.05) is 0 Å². The molecule has 0 aromatic rings. The topological polar surface area (TPSA) is 78.4 Å². The van der Waals surface area contributed by atoms with E-state index in [1.165, 1.54) is 0 Å². The number of hydrogen-bond donors (Lipinski definition) is 1. The number of hydrogen-bond acceptors (Lipinski definition) is 5. The third-order valence-electron chi connectivity index (χ3n) is 1.86. The zero-order valence-corrected chi connectivity index (χ0v) is 11.7. The van der Waals surface area contributed by atoms with Gasteiger partial charge in [-0.1, -0.05) is 0 Å². The van der Waals surface area contributed by atoms with E-state index < -0.39 is 7.60 Å². The minimum absolute atomic E-state index is 0.230. The second-order valence-electron chi connectivity index (χ2n) is 3.26. The molecule has 0 fully saturated rings. The summed E-state index contributed by atoms with van der Waals surface area (Å²) in [7, 11) is -3.00. The van der Waals surface area contributed by atoms with E-state index in [0.717, 1.165) is 0 Å². The van der Waals surface area contributed by atoms with Crippen LogP contribution in [-0.4, -0.2) is 38.6 Å². The predicted molar refractivity (Wildman–Crippen MR) is 63.8 cm³/mol. The molecule has 0 heterocycles. The molecule has 0 aliphatic rings. The Morgan fingerprint density at radius 2 is 1.71 bits per heavy atom. The summed E-state index contributed by atoms with van der Waals surface area (Å²) in [5.74, 6) is -0.244. The van der Waals surface area contributed by atoms with Gasteiger partial charge in [-0.3, -0.25) is 9.36 Å². The quantitative estimate of drug-likeness (QED) is 0.359. The summed E-state index contributed by atoms with van der Waals surface area (Å²) in [4.78, 5) is 11.0. The molecule has 0 radical (unpaired) electrons. The molecule has 102 valence electrons. The largest absolute Gasteiger partial charge is 0.466 e. The van der Waals surface area contributed by atoms with Crippen molar-refractivity contribution in [2.45, 2.75) is 27.2 Å². The first kappa shape index (κ1) is 16.6. The second-order valence-corrected chi connectivity index (χ2v) is 5.36. The molecular weight excluding hydrogens is 245 g/mol. The lowest BCUT2D eigenvalue weighted by molar-refractivity contribution is -0.639. The van der Waals surface area contributed by atoms with E-state index >= 15 is 0 Å². The molecule has 17 heavy (non-hydrogen) atoms. The van der Waals surface area contributed by atoms with E-state index in [4.69, 9.17) is 13.8 Å². The van der Waals surface area contributed by atoms with Gasteiger partial charge in [-0.2, -0.15) is 0 Å². The molecule has 0 aliphatic heterocycles. The predicted octanol–water partition coefficient (Wildman–Crippen LogP) is 0.727. The molecule has 0 spiro atoms. The third-order valence-corrected chi connectivity index (χ3v) is 3.87. The molecule has 0 rings (SSSR count). The van der Waals surface area contributed by atoms with Gasteiger partial charge in [0.05, 0.1) is 32.8 Å². The van der Waals surface area contributed by atoms with Gasteiger partial charge in [0, 0.05) is 0 Å². The molecule has 0 bridgehead atoms. The average Bonchev–Trinajstić information content (AvgIpc) is 2.26. The molecule has 0 aliphatic carbocycles. The van der Waals surface area contributed by atoms with Gasteiger partial charge in [-0.15, -0.1) is 0 Å². The minimum Gasteiger partial charge on any atom is -0.466 e. The summed E-state index contributed by atoms with van der Waals surface area (Å²) in [6.07, 6.45) is 0.528. The molecule has 2 N–H and O–H groups in total. The maximum absolute atomic E-state index is 12.0. The van der Waals surface area contributed by atoms with Crippen molar-refractivity contribution >= 4 is 13.6 Å². The van der Waals surface area contributed by atoms with Crippen molar-refractivity contribution < 1.29 is 28.5 Å². The summed E-state index contributed by atoms with van der Waals surface area (Å²) >= 11 is 0. The molecule has 0 unspecified atom stereocenters. The zero-order valence-electron chi connectivity index (χ0n) is 10.8. The monoisotopic (exact) mass is 268 g/mol. The van der Waals surface area contributed by atoms with Gasteiger partial charge in [-0.25, -0.2) is 0 Å². The summed E-state index contributed by atoms with van der Waals surface area (Å²) in [5, 5.41) is 1.75. The maximum atomic E-state index is 12.0. The van der Waals surface area contributed by atoms with E-state index in [-0.39, 0.29) is 12.3 Å². The lowest BCUT2D eigenvalue weighted by atomic mass is 10.4. The van der Waals surface area contributed by atoms with Gasteiger partial charge < -0.3 is 19.1 Å². The Labute approximate surface area is 103 Å². The van der Waals surface area contributed by atoms with Gasteiger partial charge in [0.2, 0.25) is 0 Å². The number of carbonyl (C=O) groups excluding carboxylic acids is 1. The molecule has 7 heteroatoms. The zero-order chi connectivity index (χ0) is 13.1. The van der Waals surface area contributed by atoms with E-state index in [2.05, 4.69) is 0 Å². The first-order valence-corrected chi connectivity index (χ1v) is 7.66. The average molecular weight is 268 g/mol. The number of carbonyl (C=O) groups is 1. The Balaban J connectivity index is 3.82. The molecule has 0 aromatic carbocycles. The molecule has 0 atom stereocenters. The fourth-order valence-corrected chi connectivity index (χ4v) is 2.81. The van der Waals surface area contributed by atoms with Crippen molar-refractivity contribution in [1.29, 1.82) is 0 Å². The standard InChI is InChI=1S/C10H22NO5P/c1-4-14-10(12)7-8-11-9-17(13,15-5-2)16-6-3/h11H,4-9H2,1-3H3/p+1. The van der Waals surface area contributed by atoms with Crippen LogP contribution in [0.5, 0.6) is 0 Å². The third kappa shape index (κ3) is 8.32. The highest BCUT2D eigenvalue weighted by Gasteiger charge is 2.25. The SMILES string of the molecule is CCOC(=O)CC[NH2+]CP(=O)(OCC)OCC. The Kier molecular flexibility index (Phi) is 9.36. The van der Waals surface area contributed by atoms with Crippen molar-refractivity contribution in [2.24, 2.45) is 0 Å². The van der Waals surface area contributed by atoms with Gasteiger partial charge >= 0.3 is 13.6 Å². The van der Waals surface area contributed by atoms with Crippen LogP contribution in [0.3, 0.4) is 0 Å². The Hall–Kier alpha value is -0.420. The number of nitrogens with two attached hydrogens (primary N) is 1. The van der Waals surface area contributed by atoms with Crippen LogP contribution in [0.15, 0.2) is 0 Å². The van der Waals surface area contributed by atoms with Crippen molar-refractivity contribution in [3.05, 3.63) is 0 Å². The van der Waals surface area contributed by atoms with Gasteiger partial charge in [0.1, 0.15) is 0 Å². The molecule has 0 amide bonds. The van der Waals surface area contributed by atoms with E-state index in [1.54, 1.807) is 26.1 Å². The fraction of sp³-hybridized carbons (Fsp3) is 0.900. The fourth-order valence-electron chi connectivity index (χ4n) is 1.24. The van der Waals surface area contributed by atoms with E-state index in [0.29, 0.717) is 32.8 Å². The smallest absolute Gasteiger partial charge is 0.384 e. The maximum Gasteiger partial charge on any atom is 0.384 e. The highest BCUT2D eigenvalue weighted by atomic mass is 31.2. The van der Waals surface area contributed by atoms with Gasteiger partial charge in [0.15, 0.2) is 6.29 Å². The first-order chi connectivity index (χ1) is 8.08. The molecular formula is C10H23NO5P+. The van der Waals surface area contributed by atoms with Crippen molar-refractivity contribution in [1.82, 2.24) is 0 Å². The van der Waals surface area contributed by atoms with Crippen LogP contribution in [0.1, 0.15) is 27.2 Å². The molecule has 0 aromatic heterocycles. The summed E-state index contributed by atoms with van der Waals surface area (Å²) in [6, 6.07) is 0. The second kappa shape index (κ2) is 9.59. The summed E-state index contributed by atoms with van der Waals surface area (Å²) in [6.45, 7) is 6.90. The highest BCUT2D eigenvalue weighted by molar-refractivity contribution is 7.53.